The van der Waals surface area contributed by atoms with Gasteiger partial charge >= 0.3 is 6.09 Å². The van der Waals surface area contributed by atoms with Crippen LogP contribution in [0.5, 0.6) is 0 Å². The number of nitrogens with two attached hydrogens (primary N) is 1. The topological polar surface area (TPSA) is 75.8 Å². The highest BCUT2D eigenvalue weighted by Crippen LogP contribution is 2.28. The third kappa shape index (κ3) is 4.99. The molecule has 0 saturated carbocycles. The van der Waals surface area contributed by atoms with Gasteiger partial charge in [-0.3, -0.25) is 0 Å². The third-order valence-electron chi connectivity index (χ3n) is 3.67. The molecule has 5 nitrogen and oxygen atoms in total. The van der Waals surface area contributed by atoms with E-state index in [1.807, 2.05) is 20.8 Å². The summed E-state index contributed by atoms with van der Waals surface area (Å²) in [6.45, 7) is 8.94. The van der Waals surface area contributed by atoms with E-state index >= 15 is 0 Å². The van der Waals surface area contributed by atoms with Crippen LogP contribution in [0.1, 0.15) is 47.0 Å². The molecular formula is C14H28N2O3. The van der Waals surface area contributed by atoms with Crippen molar-refractivity contribution in [3.63, 3.8) is 0 Å². The van der Waals surface area contributed by atoms with Gasteiger partial charge < -0.3 is 20.5 Å². The maximum atomic E-state index is 12.0. The van der Waals surface area contributed by atoms with E-state index in [1.54, 1.807) is 11.8 Å². The van der Waals surface area contributed by atoms with Crippen molar-refractivity contribution in [2.24, 2.45) is 11.7 Å². The molecule has 0 bridgehead atoms. The van der Waals surface area contributed by atoms with Crippen LogP contribution in [0, 0.1) is 5.92 Å². The van der Waals surface area contributed by atoms with Crippen LogP contribution in [-0.2, 0) is 4.74 Å². The zero-order chi connectivity index (χ0) is 14.7. The summed E-state index contributed by atoms with van der Waals surface area (Å²) in [5.74, 6) is 0.143. The van der Waals surface area contributed by atoms with Crippen molar-refractivity contribution >= 4 is 6.09 Å². The van der Waals surface area contributed by atoms with Crippen LogP contribution in [0.2, 0.25) is 0 Å². The predicted molar refractivity (Wildman–Crippen MR) is 74.8 cm³/mol. The largest absolute Gasteiger partial charge is 0.444 e. The number of rotatable bonds is 2. The van der Waals surface area contributed by atoms with Crippen LogP contribution in [0.15, 0.2) is 0 Å². The van der Waals surface area contributed by atoms with Gasteiger partial charge in [0.1, 0.15) is 5.60 Å². The minimum Gasteiger partial charge on any atom is -0.444 e. The maximum Gasteiger partial charge on any atom is 0.410 e. The van der Waals surface area contributed by atoms with E-state index in [0.717, 1.165) is 19.3 Å². The maximum absolute atomic E-state index is 12.0. The molecular weight excluding hydrogens is 244 g/mol. The van der Waals surface area contributed by atoms with Gasteiger partial charge in [-0.15, -0.1) is 0 Å². The number of ether oxygens (including phenoxy) is 1. The second-order valence-corrected chi connectivity index (χ2v) is 6.66. The summed E-state index contributed by atoms with van der Waals surface area (Å²) >= 11 is 0. The fraction of sp³-hybridized carbons (Fsp3) is 0.929. The van der Waals surface area contributed by atoms with Crippen molar-refractivity contribution in [1.82, 2.24) is 4.90 Å². The molecule has 0 aromatic rings. The number of hydrogen-bond donors (Lipinski definition) is 2. The molecule has 2 atom stereocenters. The minimum atomic E-state index is -0.843. The smallest absolute Gasteiger partial charge is 0.410 e. The Morgan fingerprint density at radius 2 is 1.95 bits per heavy atom. The summed E-state index contributed by atoms with van der Waals surface area (Å²) in [5.41, 5.74) is 4.30. The molecule has 0 aliphatic carbocycles. The average Bonchev–Trinajstić information content (AvgIpc) is 2.52. The van der Waals surface area contributed by atoms with Crippen molar-refractivity contribution in [1.29, 1.82) is 0 Å². The van der Waals surface area contributed by atoms with Crippen LogP contribution in [0.3, 0.4) is 0 Å². The van der Waals surface area contributed by atoms with Crippen molar-refractivity contribution in [2.75, 3.05) is 19.6 Å². The van der Waals surface area contributed by atoms with E-state index < -0.39 is 11.2 Å². The van der Waals surface area contributed by atoms with Crippen LogP contribution in [0.25, 0.3) is 0 Å². The highest BCUT2D eigenvalue weighted by Gasteiger charge is 2.33. The Kier molecular flexibility index (Phi) is 5.21. The quantitative estimate of drug-likeness (QED) is 0.802. The molecule has 19 heavy (non-hydrogen) atoms. The standard InChI is InChI=1S/C14H28N2O3/c1-13(2,3)19-12(17)16-8-5-6-11(7-9-16)14(4,18)10-15/h11,18H,5-10,15H2,1-4H3. The molecule has 0 aromatic carbocycles. The summed E-state index contributed by atoms with van der Waals surface area (Å²) in [7, 11) is 0. The Morgan fingerprint density at radius 1 is 1.32 bits per heavy atom. The lowest BCUT2D eigenvalue weighted by Gasteiger charge is -2.31. The molecule has 112 valence electrons. The van der Waals surface area contributed by atoms with E-state index in [2.05, 4.69) is 0 Å². The Hall–Kier alpha value is -0.810. The number of nitrogens with zero attached hydrogens (tertiary/aromatic N) is 1. The zero-order valence-corrected chi connectivity index (χ0v) is 12.6. The Labute approximate surface area is 116 Å². The number of carbonyl (C=O) groups excluding carboxylic acids is 1. The molecule has 1 fully saturated rings. The normalized spacial score (nSPS) is 24.5. The van der Waals surface area contributed by atoms with Crippen LogP contribution < -0.4 is 5.73 Å². The van der Waals surface area contributed by atoms with Gasteiger partial charge in [0.2, 0.25) is 0 Å². The van der Waals surface area contributed by atoms with Crippen molar-refractivity contribution in [3.05, 3.63) is 0 Å². The predicted octanol–water partition coefficient (Wildman–Crippen LogP) is 1.73. The fourth-order valence-corrected chi connectivity index (χ4v) is 2.39. The Morgan fingerprint density at radius 3 is 2.47 bits per heavy atom. The van der Waals surface area contributed by atoms with E-state index in [9.17, 15) is 9.90 Å². The number of hydrogen-bond acceptors (Lipinski definition) is 4. The summed E-state index contributed by atoms with van der Waals surface area (Å²) < 4.78 is 5.38. The first-order valence-electron chi connectivity index (χ1n) is 7.06. The van der Waals surface area contributed by atoms with Gasteiger partial charge in [0.15, 0.2) is 0 Å². The van der Waals surface area contributed by atoms with Gasteiger partial charge in [0.05, 0.1) is 5.60 Å². The summed E-state index contributed by atoms with van der Waals surface area (Å²) in [6, 6.07) is 0. The lowest BCUT2D eigenvalue weighted by molar-refractivity contribution is -0.000712. The zero-order valence-electron chi connectivity index (χ0n) is 12.6. The molecule has 2 unspecified atom stereocenters. The molecule has 1 saturated heterocycles. The average molecular weight is 272 g/mol. The Balaban J connectivity index is 2.57. The lowest BCUT2D eigenvalue weighted by Crippen LogP contribution is -2.43. The highest BCUT2D eigenvalue weighted by atomic mass is 16.6. The van der Waals surface area contributed by atoms with E-state index in [4.69, 9.17) is 10.5 Å². The minimum absolute atomic E-state index is 0.143. The first-order valence-corrected chi connectivity index (χ1v) is 7.06. The molecule has 1 aliphatic rings. The van der Waals surface area contributed by atoms with Gasteiger partial charge in [0, 0.05) is 19.6 Å². The molecule has 1 rings (SSSR count). The molecule has 1 heterocycles. The first-order chi connectivity index (χ1) is 8.65. The van der Waals surface area contributed by atoms with Gasteiger partial charge in [-0.1, -0.05) is 0 Å². The molecule has 0 radical (unpaired) electrons. The van der Waals surface area contributed by atoms with Crippen LogP contribution in [-0.4, -0.2) is 46.9 Å². The second-order valence-electron chi connectivity index (χ2n) is 6.66. The third-order valence-corrected chi connectivity index (χ3v) is 3.67. The molecule has 0 aromatic heterocycles. The van der Waals surface area contributed by atoms with Crippen molar-refractivity contribution in [2.45, 2.75) is 58.2 Å². The van der Waals surface area contributed by atoms with Gasteiger partial charge in [0.25, 0.3) is 0 Å². The SMILES string of the molecule is CC(C)(C)OC(=O)N1CCCC(C(C)(O)CN)CC1. The monoisotopic (exact) mass is 272 g/mol. The number of carbonyl (C=O) groups is 1. The first kappa shape index (κ1) is 16.2. The van der Waals surface area contributed by atoms with E-state index in [-0.39, 0.29) is 18.6 Å². The summed E-state index contributed by atoms with van der Waals surface area (Å²) in [4.78, 5) is 13.7. The highest BCUT2D eigenvalue weighted by molar-refractivity contribution is 5.68. The molecule has 3 N–H and O–H groups in total. The van der Waals surface area contributed by atoms with Gasteiger partial charge in [-0.05, 0) is 52.9 Å². The Bertz CT molecular complexity index is 310. The lowest BCUT2D eigenvalue weighted by atomic mass is 9.84. The molecule has 0 spiro atoms. The van der Waals surface area contributed by atoms with Crippen molar-refractivity contribution in [3.8, 4) is 0 Å². The number of amides is 1. The van der Waals surface area contributed by atoms with E-state index in [0.29, 0.717) is 13.1 Å². The van der Waals surface area contributed by atoms with Crippen LogP contribution >= 0.6 is 0 Å². The van der Waals surface area contributed by atoms with Gasteiger partial charge in [-0.2, -0.15) is 0 Å². The number of aliphatic hydroxyl groups is 1. The van der Waals surface area contributed by atoms with Crippen molar-refractivity contribution < 1.29 is 14.6 Å². The van der Waals surface area contributed by atoms with Crippen LogP contribution in [0.4, 0.5) is 4.79 Å². The van der Waals surface area contributed by atoms with E-state index in [1.165, 1.54) is 0 Å². The number of likely N-dealkylation sites (tertiary alicyclic amines) is 1. The second kappa shape index (κ2) is 6.09. The van der Waals surface area contributed by atoms with Gasteiger partial charge in [-0.25, -0.2) is 4.79 Å². The summed E-state index contributed by atoms with van der Waals surface area (Å²) in [5, 5.41) is 10.2. The molecule has 5 heteroatoms. The summed E-state index contributed by atoms with van der Waals surface area (Å²) in [6.07, 6.45) is 2.27. The fourth-order valence-electron chi connectivity index (χ4n) is 2.39. The molecule has 1 aliphatic heterocycles. The molecule has 1 amide bonds.